The molecule has 0 saturated carbocycles. The number of nitrogens with zero attached hydrogens (tertiary/aromatic N) is 3. The Kier molecular flexibility index (Phi) is 8.55. The molecule has 0 spiro atoms. The normalized spacial score (nSPS) is 17.2. The lowest BCUT2D eigenvalue weighted by molar-refractivity contribution is -0.137. The zero-order chi connectivity index (χ0) is 30.1. The Labute approximate surface area is 245 Å². The minimum atomic E-state index is -4.49. The number of hydrogen-bond donors (Lipinski definition) is 2. The first kappa shape index (κ1) is 30.3. The van der Waals surface area contributed by atoms with Gasteiger partial charge in [0.05, 0.1) is 34.7 Å². The first-order valence-corrected chi connectivity index (χ1v) is 15.8. The van der Waals surface area contributed by atoms with Gasteiger partial charge < -0.3 is 19.5 Å². The largest absolute Gasteiger partial charge is 0.416 e. The van der Waals surface area contributed by atoms with Crippen molar-refractivity contribution < 1.29 is 31.9 Å². The summed E-state index contributed by atoms with van der Waals surface area (Å²) < 4.78 is 63.8. The number of aryl methyl sites for hydroxylation is 2. The van der Waals surface area contributed by atoms with Gasteiger partial charge in [-0.1, -0.05) is 6.07 Å². The lowest BCUT2D eigenvalue weighted by Gasteiger charge is -2.33. The van der Waals surface area contributed by atoms with Crippen molar-refractivity contribution in [3.8, 4) is 10.6 Å². The van der Waals surface area contributed by atoms with Crippen molar-refractivity contribution in [2.45, 2.75) is 51.8 Å². The highest BCUT2D eigenvalue weighted by atomic mass is 32.1. The summed E-state index contributed by atoms with van der Waals surface area (Å²) in [4.78, 5) is 13.8. The predicted octanol–water partition coefficient (Wildman–Crippen LogP) is 7.13. The van der Waals surface area contributed by atoms with Crippen LogP contribution in [0.5, 0.6) is 0 Å². The van der Waals surface area contributed by atoms with E-state index >= 15 is 0 Å². The Morgan fingerprint density at radius 3 is 2.55 bits per heavy atom. The second-order valence-electron chi connectivity index (χ2n) is 9.89. The summed E-state index contributed by atoms with van der Waals surface area (Å²) in [6, 6.07) is 10.6. The molecular formula is C29H30F3N4O4PS. The number of pyridine rings is 2. The number of aliphatic hydroxyl groups is 1. The van der Waals surface area contributed by atoms with Crippen LogP contribution in [0.15, 0.2) is 54.9 Å². The van der Waals surface area contributed by atoms with E-state index in [0.717, 1.165) is 29.5 Å². The summed E-state index contributed by atoms with van der Waals surface area (Å²) in [5.41, 5.74) is 0.749. The van der Waals surface area contributed by atoms with Gasteiger partial charge in [-0.25, -0.2) is 15.0 Å². The fourth-order valence-corrected chi connectivity index (χ4v) is 7.66. The van der Waals surface area contributed by atoms with Crippen LogP contribution >= 0.6 is 18.9 Å². The highest BCUT2D eigenvalue weighted by molar-refractivity contribution is 7.62. The fraction of sp³-hybridized carbons (Fsp3) is 0.345. The number of aromatic nitrogens is 3. The van der Waals surface area contributed by atoms with Crippen LogP contribution in [0.4, 0.5) is 24.8 Å². The fourth-order valence-electron chi connectivity index (χ4n) is 5.03. The minimum absolute atomic E-state index is 0.0181. The predicted molar refractivity (Wildman–Crippen MR) is 155 cm³/mol. The van der Waals surface area contributed by atoms with Crippen LogP contribution in [0.3, 0.4) is 0 Å². The highest BCUT2D eigenvalue weighted by Crippen LogP contribution is 2.49. The van der Waals surface area contributed by atoms with Gasteiger partial charge in [-0.2, -0.15) is 13.2 Å². The van der Waals surface area contributed by atoms with Crippen LogP contribution in [0.2, 0.25) is 0 Å². The number of benzene rings is 1. The van der Waals surface area contributed by atoms with Gasteiger partial charge in [-0.3, -0.25) is 4.57 Å². The molecule has 3 heterocycles. The number of rotatable bonds is 9. The van der Waals surface area contributed by atoms with E-state index in [1.807, 2.05) is 13.0 Å². The zero-order valence-corrected chi connectivity index (χ0v) is 24.9. The van der Waals surface area contributed by atoms with Gasteiger partial charge in [0.1, 0.15) is 22.2 Å². The SMILES string of the molecule is CCOP(=O)(OCC)c1ccc2c(c1)CCC[C@]2(O)c1ncc(-c2cc(C)cc(Nc3cc(C(F)(F)F)ccn3)n2)s1. The molecule has 1 aliphatic rings. The van der Waals surface area contributed by atoms with Crippen LogP contribution in [0.1, 0.15) is 54.0 Å². The monoisotopic (exact) mass is 618 g/mol. The summed E-state index contributed by atoms with van der Waals surface area (Å²) >= 11 is 1.29. The minimum Gasteiger partial charge on any atom is -0.378 e. The molecule has 222 valence electrons. The molecule has 0 aliphatic heterocycles. The van der Waals surface area contributed by atoms with Gasteiger partial charge in [-0.15, -0.1) is 11.3 Å². The smallest absolute Gasteiger partial charge is 0.378 e. The lowest BCUT2D eigenvalue weighted by atomic mass is 9.79. The second-order valence-corrected chi connectivity index (χ2v) is 12.9. The second kappa shape index (κ2) is 11.9. The molecule has 5 rings (SSSR count). The molecule has 1 aromatic carbocycles. The molecule has 0 amide bonds. The third kappa shape index (κ3) is 6.14. The van der Waals surface area contributed by atoms with Crippen molar-refractivity contribution in [1.29, 1.82) is 0 Å². The highest BCUT2D eigenvalue weighted by Gasteiger charge is 2.40. The molecule has 1 atom stereocenters. The third-order valence-electron chi connectivity index (χ3n) is 6.86. The maximum Gasteiger partial charge on any atom is 0.416 e. The molecule has 42 heavy (non-hydrogen) atoms. The summed E-state index contributed by atoms with van der Waals surface area (Å²) in [6.07, 6.45) is 0.0737. The standard InChI is InChI=1S/C29H30F3N4O4PS/c1-4-39-41(38,40-5-2)21-8-9-22-19(15-21)7-6-11-28(22,37)27-34-17-24(42-27)23-13-18(3)14-26(35-23)36-25-16-20(10-12-33-25)29(30,31)32/h8-10,12-17,37H,4-7,11H2,1-3H3,(H,33,35,36)/t28-/m1/s1. The van der Waals surface area contributed by atoms with Crippen LogP contribution in [-0.2, 0) is 31.8 Å². The number of nitrogens with one attached hydrogen (secondary N) is 1. The van der Waals surface area contributed by atoms with Crippen LogP contribution in [0.25, 0.3) is 10.6 Å². The maximum absolute atomic E-state index is 13.3. The lowest BCUT2D eigenvalue weighted by Crippen LogP contribution is -2.32. The van der Waals surface area contributed by atoms with E-state index in [-0.39, 0.29) is 19.0 Å². The van der Waals surface area contributed by atoms with Gasteiger partial charge in [0.15, 0.2) is 0 Å². The van der Waals surface area contributed by atoms with E-state index in [1.165, 1.54) is 11.3 Å². The van der Waals surface area contributed by atoms with Crippen LogP contribution in [0, 0.1) is 6.92 Å². The Morgan fingerprint density at radius 1 is 1.07 bits per heavy atom. The van der Waals surface area contributed by atoms with Crippen molar-refractivity contribution in [1.82, 2.24) is 15.0 Å². The van der Waals surface area contributed by atoms with Gasteiger partial charge in [0, 0.05) is 12.4 Å². The molecule has 0 bridgehead atoms. The zero-order valence-electron chi connectivity index (χ0n) is 23.2. The quantitative estimate of drug-likeness (QED) is 0.191. The Morgan fingerprint density at radius 2 is 1.83 bits per heavy atom. The summed E-state index contributed by atoms with van der Waals surface area (Å²) in [5.74, 6) is 0.346. The van der Waals surface area contributed by atoms with Crippen molar-refractivity contribution in [3.05, 3.63) is 82.1 Å². The molecule has 3 aromatic heterocycles. The number of thiazole rings is 1. The summed E-state index contributed by atoms with van der Waals surface area (Å²) in [7, 11) is -3.48. The van der Waals surface area contributed by atoms with E-state index in [9.17, 15) is 22.8 Å². The summed E-state index contributed by atoms with van der Waals surface area (Å²) in [5, 5.41) is 15.7. The van der Waals surface area contributed by atoms with Gasteiger partial charge in [0.2, 0.25) is 0 Å². The number of alkyl halides is 3. The molecule has 0 saturated heterocycles. The van der Waals surface area contributed by atoms with E-state index < -0.39 is 24.9 Å². The molecule has 0 unspecified atom stereocenters. The Hall–Kier alpha value is -3.15. The first-order valence-electron chi connectivity index (χ1n) is 13.5. The maximum atomic E-state index is 13.3. The van der Waals surface area contributed by atoms with Gasteiger partial charge in [0.25, 0.3) is 0 Å². The molecule has 4 aromatic rings. The Balaban J connectivity index is 1.45. The van der Waals surface area contributed by atoms with Crippen molar-refractivity contribution in [3.63, 3.8) is 0 Å². The average Bonchev–Trinajstić information content (AvgIpc) is 3.44. The van der Waals surface area contributed by atoms with Crippen molar-refractivity contribution >= 4 is 35.9 Å². The number of halogens is 3. The van der Waals surface area contributed by atoms with Crippen molar-refractivity contribution in [2.75, 3.05) is 18.5 Å². The van der Waals surface area contributed by atoms with Crippen molar-refractivity contribution in [2.24, 2.45) is 0 Å². The average molecular weight is 619 g/mol. The molecule has 8 nitrogen and oxygen atoms in total. The van der Waals surface area contributed by atoms with E-state index in [0.29, 0.717) is 51.5 Å². The van der Waals surface area contributed by atoms with Gasteiger partial charge in [-0.05, 0) is 93.1 Å². The Bertz CT molecular complexity index is 1640. The molecule has 1 aliphatic carbocycles. The molecular weight excluding hydrogens is 588 g/mol. The number of anilines is 2. The molecule has 0 fully saturated rings. The van der Waals surface area contributed by atoms with E-state index in [2.05, 4.69) is 20.3 Å². The van der Waals surface area contributed by atoms with Crippen LogP contribution in [-0.4, -0.2) is 33.3 Å². The summed E-state index contributed by atoms with van der Waals surface area (Å²) in [6.45, 7) is 5.84. The number of hydrogen-bond acceptors (Lipinski definition) is 9. The molecule has 0 radical (unpaired) electrons. The third-order valence-corrected chi connectivity index (χ3v) is 10.1. The number of fused-ring (bicyclic) bond motifs is 1. The first-order chi connectivity index (χ1) is 19.9. The topological polar surface area (TPSA) is 106 Å². The van der Waals surface area contributed by atoms with Gasteiger partial charge >= 0.3 is 13.8 Å². The van der Waals surface area contributed by atoms with Crippen LogP contribution < -0.4 is 10.6 Å². The van der Waals surface area contributed by atoms with E-state index in [4.69, 9.17) is 9.05 Å². The molecule has 2 N–H and O–H groups in total. The molecule has 13 heteroatoms. The van der Waals surface area contributed by atoms with E-state index in [1.54, 1.807) is 44.3 Å².